The standard InChI is InChI=1S/C20H30N2O3S/c1-4-6-7-8-9-10-11-12-13-17(23)22-19-16(14-21)15(3)18(26-19)20(24)25-5-2/h4-13H2,1-3H3,(H,22,23). The van der Waals surface area contributed by atoms with Gasteiger partial charge in [-0.25, -0.2) is 4.79 Å². The number of nitriles is 1. The van der Waals surface area contributed by atoms with Crippen LogP contribution >= 0.6 is 11.3 Å². The summed E-state index contributed by atoms with van der Waals surface area (Å²) in [7, 11) is 0. The van der Waals surface area contributed by atoms with Crippen LogP contribution in [0, 0.1) is 18.3 Å². The maximum Gasteiger partial charge on any atom is 0.348 e. The number of nitrogens with one attached hydrogen (secondary N) is 1. The van der Waals surface area contributed by atoms with Gasteiger partial charge in [0, 0.05) is 6.42 Å². The van der Waals surface area contributed by atoms with E-state index >= 15 is 0 Å². The minimum Gasteiger partial charge on any atom is -0.462 e. The van der Waals surface area contributed by atoms with Crippen molar-refractivity contribution in [1.29, 1.82) is 5.26 Å². The number of carbonyl (C=O) groups is 2. The van der Waals surface area contributed by atoms with Gasteiger partial charge in [0.2, 0.25) is 5.91 Å². The van der Waals surface area contributed by atoms with Gasteiger partial charge < -0.3 is 10.1 Å². The second kappa shape index (κ2) is 12.5. The molecule has 0 saturated heterocycles. The molecule has 144 valence electrons. The molecule has 0 unspecified atom stereocenters. The summed E-state index contributed by atoms with van der Waals surface area (Å²) in [6.07, 6.45) is 9.84. The first-order valence-electron chi connectivity index (χ1n) is 9.55. The first-order chi connectivity index (χ1) is 12.5. The fraction of sp³-hybridized carbons (Fsp3) is 0.650. The molecular formula is C20H30N2O3S. The number of ether oxygens (including phenoxy) is 1. The van der Waals surface area contributed by atoms with Gasteiger partial charge in [0.05, 0.1) is 12.2 Å². The fourth-order valence-corrected chi connectivity index (χ4v) is 3.80. The Kier molecular flexibility index (Phi) is 10.6. The first-order valence-corrected chi connectivity index (χ1v) is 10.4. The average molecular weight is 379 g/mol. The molecule has 0 aliphatic rings. The van der Waals surface area contributed by atoms with E-state index in [0.717, 1.165) is 30.6 Å². The Morgan fingerprint density at radius 3 is 2.27 bits per heavy atom. The molecule has 1 aromatic heterocycles. The third-order valence-corrected chi connectivity index (χ3v) is 5.42. The van der Waals surface area contributed by atoms with E-state index in [1.165, 1.54) is 32.1 Å². The number of amides is 1. The van der Waals surface area contributed by atoms with Crippen LogP contribution in [0.5, 0.6) is 0 Å². The summed E-state index contributed by atoms with van der Waals surface area (Å²) < 4.78 is 5.00. The van der Waals surface area contributed by atoms with Gasteiger partial charge in [-0.3, -0.25) is 4.79 Å². The summed E-state index contributed by atoms with van der Waals surface area (Å²) in [5, 5.41) is 12.6. The number of carbonyl (C=O) groups excluding carboxylic acids is 2. The molecule has 0 atom stereocenters. The summed E-state index contributed by atoms with van der Waals surface area (Å²) in [6.45, 7) is 5.92. The second-order valence-electron chi connectivity index (χ2n) is 6.37. The highest BCUT2D eigenvalue weighted by atomic mass is 32.1. The number of hydrogen-bond acceptors (Lipinski definition) is 5. The third kappa shape index (κ3) is 7.17. The number of hydrogen-bond donors (Lipinski definition) is 1. The Morgan fingerprint density at radius 2 is 1.69 bits per heavy atom. The van der Waals surface area contributed by atoms with Crippen molar-refractivity contribution < 1.29 is 14.3 Å². The maximum atomic E-state index is 12.1. The van der Waals surface area contributed by atoms with E-state index in [2.05, 4.69) is 18.3 Å². The quantitative estimate of drug-likeness (QED) is 0.381. The van der Waals surface area contributed by atoms with Gasteiger partial charge in [0.1, 0.15) is 15.9 Å². The zero-order valence-electron chi connectivity index (χ0n) is 16.2. The van der Waals surface area contributed by atoms with Crippen LogP contribution in [0.3, 0.4) is 0 Å². The molecule has 1 heterocycles. The third-order valence-electron chi connectivity index (χ3n) is 4.23. The van der Waals surface area contributed by atoms with Gasteiger partial charge >= 0.3 is 5.97 Å². The minimum atomic E-state index is -0.449. The topological polar surface area (TPSA) is 79.2 Å². The molecule has 0 radical (unpaired) electrons. The molecule has 0 bridgehead atoms. The van der Waals surface area contributed by atoms with E-state index in [4.69, 9.17) is 4.74 Å². The van der Waals surface area contributed by atoms with Gasteiger partial charge in [-0.15, -0.1) is 11.3 Å². The van der Waals surface area contributed by atoms with Crippen molar-refractivity contribution in [2.75, 3.05) is 11.9 Å². The number of nitrogens with zero attached hydrogens (tertiary/aromatic N) is 1. The highest BCUT2D eigenvalue weighted by Gasteiger charge is 2.22. The lowest BCUT2D eigenvalue weighted by Gasteiger charge is -2.04. The van der Waals surface area contributed by atoms with E-state index in [1.807, 2.05) is 0 Å². The number of unbranched alkanes of at least 4 members (excludes halogenated alkanes) is 7. The number of anilines is 1. The largest absolute Gasteiger partial charge is 0.462 e. The number of esters is 1. The van der Waals surface area contributed by atoms with Crippen LogP contribution in [0.2, 0.25) is 0 Å². The molecule has 1 aromatic rings. The highest BCUT2D eigenvalue weighted by molar-refractivity contribution is 7.18. The maximum absolute atomic E-state index is 12.1. The molecule has 0 aliphatic heterocycles. The van der Waals surface area contributed by atoms with Crippen LogP contribution in [0.1, 0.15) is 92.4 Å². The number of rotatable bonds is 12. The van der Waals surface area contributed by atoms with Crippen LogP contribution in [-0.2, 0) is 9.53 Å². The lowest BCUT2D eigenvalue weighted by atomic mass is 10.1. The highest BCUT2D eigenvalue weighted by Crippen LogP contribution is 2.33. The van der Waals surface area contributed by atoms with Crippen molar-refractivity contribution in [3.05, 3.63) is 16.0 Å². The van der Waals surface area contributed by atoms with Crippen molar-refractivity contribution >= 4 is 28.2 Å². The van der Waals surface area contributed by atoms with E-state index in [0.29, 0.717) is 27.4 Å². The monoisotopic (exact) mass is 378 g/mol. The van der Waals surface area contributed by atoms with E-state index in [9.17, 15) is 14.9 Å². The minimum absolute atomic E-state index is 0.107. The molecule has 5 nitrogen and oxygen atoms in total. The van der Waals surface area contributed by atoms with E-state index in [-0.39, 0.29) is 12.5 Å². The van der Waals surface area contributed by atoms with Gasteiger partial charge in [-0.1, -0.05) is 51.9 Å². The fourth-order valence-electron chi connectivity index (χ4n) is 2.74. The van der Waals surface area contributed by atoms with E-state index < -0.39 is 5.97 Å². The van der Waals surface area contributed by atoms with Crippen molar-refractivity contribution in [3.63, 3.8) is 0 Å². The summed E-state index contributed by atoms with van der Waals surface area (Å²) in [5.74, 6) is -0.556. The second-order valence-corrected chi connectivity index (χ2v) is 7.39. The zero-order chi connectivity index (χ0) is 19.4. The molecule has 1 amide bonds. The van der Waals surface area contributed by atoms with Crippen LogP contribution in [-0.4, -0.2) is 18.5 Å². The van der Waals surface area contributed by atoms with Gasteiger partial charge in [0.15, 0.2) is 0 Å². The average Bonchev–Trinajstić information content (AvgIpc) is 2.92. The molecule has 1 rings (SSSR count). The summed E-state index contributed by atoms with van der Waals surface area (Å²) in [4.78, 5) is 24.5. The lowest BCUT2D eigenvalue weighted by molar-refractivity contribution is -0.116. The van der Waals surface area contributed by atoms with Crippen LogP contribution < -0.4 is 5.32 Å². The Bertz CT molecular complexity index is 632. The molecular weight excluding hydrogens is 348 g/mol. The molecule has 0 aliphatic carbocycles. The first kappa shape index (κ1) is 22.2. The van der Waals surface area contributed by atoms with Crippen molar-refractivity contribution in [2.45, 2.75) is 78.6 Å². The van der Waals surface area contributed by atoms with Crippen molar-refractivity contribution in [3.8, 4) is 6.07 Å². The Labute approximate surface area is 160 Å². The predicted octanol–water partition coefficient (Wildman–Crippen LogP) is 5.57. The zero-order valence-corrected chi connectivity index (χ0v) is 17.0. The summed E-state index contributed by atoms with van der Waals surface area (Å²) in [6, 6.07) is 2.08. The molecule has 0 spiro atoms. The normalized spacial score (nSPS) is 10.4. The summed E-state index contributed by atoms with van der Waals surface area (Å²) in [5.41, 5.74) is 0.917. The van der Waals surface area contributed by atoms with Crippen LogP contribution in [0.15, 0.2) is 0 Å². The van der Waals surface area contributed by atoms with Crippen LogP contribution in [0.4, 0.5) is 5.00 Å². The van der Waals surface area contributed by atoms with Crippen molar-refractivity contribution in [1.82, 2.24) is 0 Å². The van der Waals surface area contributed by atoms with Crippen molar-refractivity contribution in [2.24, 2.45) is 0 Å². The molecule has 0 saturated carbocycles. The SMILES string of the molecule is CCCCCCCCCCC(=O)Nc1sc(C(=O)OCC)c(C)c1C#N. The summed E-state index contributed by atoms with van der Waals surface area (Å²) >= 11 is 1.11. The van der Waals surface area contributed by atoms with Gasteiger partial charge in [-0.2, -0.15) is 5.26 Å². The molecule has 26 heavy (non-hydrogen) atoms. The Hall–Kier alpha value is -1.87. The Balaban J connectivity index is 2.45. The number of thiophene rings is 1. The smallest absolute Gasteiger partial charge is 0.348 e. The predicted molar refractivity (Wildman–Crippen MR) is 106 cm³/mol. The molecule has 0 aromatic carbocycles. The van der Waals surface area contributed by atoms with Gasteiger partial charge in [0.25, 0.3) is 0 Å². The molecule has 1 N–H and O–H groups in total. The Morgan fingerprint density at radius 1 is 1.08 bits per heavy atom. The van der Waals surface area contributed by atoms with Crippen LogP contribution in [0.25, 0.3) is 0 Å². The molecule has 0 fully saturated rings. The lowest BCUT2D eigenvalue weighted by Crippen LogP contribution is -2.10. The molecule has 6 heteroatoms. The van der Waals surface area contributed by atoms with Gasteiger partial charge in [-0.05, 0) is 25.8 Å². The van der Waals surface area contributed by atoms with E-state index in [1.54, 1.807) is 13.8 Å².